The van der Waals surface area contributed by atoms with E-state index in [0.29, 0.717) is 23.7 Å². The molecule has 2 aromatic rings. The predicted octanol–water partition coefficient (Wildman–Crippen LogP) is 4.27. The number of benzene rings is 2. The van der Waals surface area contributed by atoms with Gasteiger partial charge in [-0.25, -0.2) is 0 Å². The van der Waals surface area contributed by atoms with Crippen LogP contribution in [0.4, 0.5) is 0 Å². The van der Waals surface area contributed by atoms with Crippen LogP contribution in [0.2, 0.25) is 0 Å². The normalized spacial score (nSPS) is 13.8. The molecule has 0 N–H and O–H groups in total. The molecule has 1 amide bonds. The number of rotatable bonds is 5. The summed E-state index contributed by atoms with van der Waals surface area (Å²) in [5.41, 5.74) is 1.69. The molecule has 0 bridgehead atoms. The number of ether oxygens (including phenoxy) is 2. The third kappa shape index (κ3) is 3.73. The molecule has 1 fully saturated rings. The van der Waals surface area contributed by atoms with E-state index < -0.39 is 0 Å². The van der Waals surface area contributed by atoms with Gasteiger partial charge in [-0.05, 0) is 46.5 Å². The van der Waals surface area contributed by atoms with Crippen molar-refractivity contribution in [2.75, 3.05) is 20.2 Å². The van der Waals surface area contributed by atoms with Crippen molar-refractivity contribution in [1.82, 2.24) is 4.90 Å². The minimum atomic E-state index is 0.0427. The van der Waals surface area contributed by atoms with Gasteiger partial charge in [0, 0.05) is 18.7 Å². The first kappa shape index (κ1) is 16.8. The fourth-order valence-corrected chi connectivity index (χ4v) is 3.37. The van der Waals surface area contributed by atoms with Crippen molar-refractivity contribution in [1.29, 1.82) is 0 Å². The second kappa shape index (κ2) is 7.71. The summed E-state index contributed by atoms with van der Waals surface area (Å²) in [7, 11) is 1.58. The van der Waals surface area contributed by atoms with Crippen molar-refractivity contribution in [3.05, 3.63) is 58.1 Å². The van der Waals surface area contributed by atoms with Crippen molar-refractivity contribution in [2.24, 2.45) is 0 Å². The van der Waals surface area contributed by atoms with Crippen LogP contribution in [0.25, 0.3) is 0 Å². The molecule has 1 heterocycles. The topological polar surface area (TPSA) is 38.8 Å². The number of nitrogens with zero attached hydrogens (tertiary/aromatic N) is 1. The Bertz CT molecular complexity index is 712. The van der Waals surface area contributed by atoms with E-state index in [1.807, 2.05) is 41.3 Å². The van der Waals surface area contributed by atoms with Gasteiger partial charge in [-0.3, -0.25) is 4.79 Å². The maximum Gasteiger partial charge on any atom is 0.254 e. The summed E-state index contributed by atoms with van der Waals surface area (Å²) in [4.78, 5) is 14.4. The summed E-state index contributed by atoms with van der Waals surface area (Å²) in [6, 6.07) is 13.5. The highest BCUT2D eigenvalue weighted by molar-refractivity contribution is 9.10. The van der Waals surface area contributed by atoms with Crippen LogP contribution >= 0.6 is 15.9 Å². The smallest absolute Gasteiger partial charge is 0.254 e. The van der Waals surface area contributed by atoms with Crippen molar-refractivity contribution < 1.29 is 14.3 Å². The first-order valence-corrected chi connectivity index (χ1v) is 8.82. The summed E-state index contributed by atoms with van der Waals surface area (Å²) in [5.74, 6) is 1.21. The number of likely N-dealkylation sites (tertiary alicyclic amines) is 1. The molecule has 0 unspecified atom stereocenters. The fourth-order valence-electron chi connectivity index (χ4n) is 2.82. The van der Waals surface area contributed by atoms with Crippen LogP contribution in [0.5, 0.6) is 11.5 Å². The fraction of sp³-hybridized carbons (Fsp3) is 0.316. The van der Waals surface area contributed by atoms with Crippen LogP contribution in [0.15, 0.2) is 46.9 Å². The summed E-state index contributed by atoms with van der Waals surface area (Å²) in [5, 5.41) is 0. The molecule has 1 aliphatic rings. The number of carbonyl (C=O) groups is 1. The van der Waals surface area contributed by atoms with E-state index in [4.69, 9.17) is 9.47 Å². The van der Waals surface area contributed by atoms with E-state index in [-0.39, 0.29) is 5.91 Å². The number of halogens is 1. The number of methoxy groups -OCH3 is 1. The van der Waals surface area contributed by atoms with Gasteiger partial charge in [-0.1, -0.05) is 30.3 Å². The van der Waals surface area contributed by atoms with Crippen LogP contribution in [0, 0.1) is 0 Å². The quantitative estimate of drug-likeness (QED) is 0.765. The van der Waals surface area contributed by atoms with Gasteiger partial charge in [0.2, 0.25) is 0 Å². The molecule has 0 aromatic heterocycles. The van der Waals surface area contributed by atoms with E-state index in [9.17, 15) is 4.79 Å². The molecule has 0 saturated carbocycles. The Morgan fingerprint density at radius 3 is 2.54 bits per heavy atom. The van der Waals surface area contributed by atoms with Crippen LogP contribution in [-0.4, -0.2) is 31.0 Å². The number of carbonyl (C=O) groups excluding carboxylic acids is 1. The third-order valence-corrected chi connectivity index (χ3v) is 4.68. The molecule has 0 spiro atoms. The third-order valence-electron chi connectivity index (χ3n) is 4.10. The molecule has 3 rings (SSSR count). The van der Waals surface area contributed by atoms with Gasteiger partial charge in [0.25, 0.3) is 5.91 Å². The zero-order valence-electron chi connectivity index (χ0n) is 13.6. The van der Waals surface area contributed by atoms with Crippen molar-refractivity contribution in [3.63, 3.8) is 0 Å². The average molecular weight is 390 g/mol. The Morgan fingerprint density at radius 2 is 1.88 bits per heavy atom. The molecular formula is C19H20BrNO3. The minimum Gasteiger partial charge on any atom is -0.493 e. The lowest BCUT2D eigenvalue weighted by Gasteiger charge is -2.18. The van der Waals surface area contributed by atoms with Gasteiger partial charge in [0.1, 0.15) is 6.61 Å². The second-order valence-corrected chi connectivity index (χ2v) is 6.62. The lowest BCUT2D eigenvalue weighted by molar-refractivity contribution is 0.0792. The van der Waals surface area contributed by atoms with Gasteiger partial charge in [-0.15, -0.1) is 0 Å². The summed E-state index contributed by atoms with van der Waals surface area (Å²) >= 11 is 3.51. The Morgan fingerprint density at radius 1 is 1.17 bits per heavy atom. The Labute approximate surface area is 150 Å². The standard InChI is InChI=1S/C19H20BrNO3/c1-23-17-12-15(19(22)21-9-5-6-10-21)11-16(20)18(17)24-13-14-7-3-2-4-8-14/h2-4,7-8,11-12H,5-6,9-10,13H2,1H3. The maximum absolute atomic E-state index is 12.6. The van der Waals surface area contributed by atoms with Gasteiger partial charge in [-0.2, -0.15) is 0 Å². The first-order chi connectivity index (χ1) is 11.7. The Balaban J connectivity index is 1.81. The van der Waals surface area contributed by atoms with Crippen LogP contribution < -0.4 is 9.47 Å². The number of amides is 1. The number of hydrogen-bond acceptors (Lipinski definition) is 3. The Hall–Kier alpha value is -2.01. The van der Waals surface area contributed by atoms with Crippen LogP contribution in [0.1, 0.15) is 28.8 Å². The molecule has 2 aromatic carbocycles. The SMILES string of the molecule is COc1cc(C(=O)N2CCCC2)cc(Br)c1OCc1ccccc1. The predicted molar refractivity (Wildman–Crippen MR) is 96.6 cm³/mol. The van der Waals surface area contributed by atoms with Crippen molar-refractivity contribution >= 4 is 21.8 Å². The van der Waals surface area contributed by atoms with Crippen LogP contribution in [-0.2, 0) is 6.61 Å². The molecule has 0 atom stereocenters. The van der Waals surface area contributed by atoms with Crippen molar-refractivity contribution in [3.8, 4) is 11.5 Å². The van der Waals surface area contributed by atoms with Gasteiger partial charge >= 0.3 is 0 Å². The highest BCUT2D eigenvalue weighted by Gasteiger charge is 2.22. The van der Waals surface area contributed by atoms with E-state index in [1.165, 1.54) is 0 Å². The monoisotopic (exact) mass is 389 g/mol. The molecule has 24 heavy (non-hydrogen) atoms. The average Bonchev–Trinajstić information content (AvgIpc) is 3.15. The van der Waals surface area contributed by atoms with E-state index in [1.54, 1.807) is 13.2 Å². The molecule has 1 saturated heterocycles. The molecule has 126 valence electrons. The molecule has 1 aliphatic heterocycles. The van der Waals surface area contributed by atoms with E-state index >= 15 is 0 Å². The zero-order valence-corrected chi connectivity index (χ0v) is 15.2. The Kier molecular flexibility index (Phi) is 5.41. The van der Waals surface area contributed by atoms with Gasteiger partial charge < -0.3 is 14.4 Å². The van der Waals surface area contributed by atoms with Gasteiger partial charge in [0.05, 0.1) is 11.6 Å². The molecule has 0 aliphatic carbocycles. The van der Waals surface area contributed by atoms with Gasteiger partial charge in [0.15, 0.2) is 11.5 Å². The molecule has 5 heteroatoms. The lowest BCUT2D eigenvalue weighted by Crippen LogP contribution is -2.27. The highest BCUT2D eigenvalue weighted by atomic mass is 79.9. The molecule has 0 radical (unpaired) electrons. The van der Waals surface area contributed by atoms with Crippen molar-refractivity contribution in [2.45, 2.75) is 19.4 Å². The molecule has 4 nitrogen and oxygen atoms in total. The van der Waals surface area contributed by atoms with Crippen LogP contribution in [0.3, 0.4) is 0 Å². The number of hydrogen-bond donors (Lipinski definition) is 0. The maximum atomic E-state index is 12.6. The van der Waals surface area contributed by atoms with E-state index in [2.05, 4.69) is 15.9 Å². The second-order valence-electron chi connectivity index (χ2n) is 5.76. The zero-order chi connectivity index (χ0) is 16.9. The highest BCUT2D eigenvalue weighted by Crippen LogP contribution is 2.37. The van der Waals surface area contributed by atoms with E-state index in [0.717, 1.165) is 36.0 Å². The molecular weight excluding hydrogens is 370 g/mol. The lowest BCUT2D eigenvalue weighted by atomic mass is 10.1. The first-order valence-electron chi connectivity index (χ1n) is 8.02. The summed E-state index contributed by atoms with van der Waals surface area (Å²) in [6.45, 7) is 2.09. The minimum absolute atomic E-state index is 0.0427. The largest absolute Gasteiger partial charge is 0.493 e. The summed E-state index contributed by atoms with van der Waals surface area (Å²) in [6.07, 6.45) is 2.14. The summed E-state index contributed by atoms with van der Waals surface area (Å²) < 4.78 is 12.1.